The number of morpholine rings is 1. The zero-order valence-electron chi connectivity index (χ0n) is 13.5. The first kappa shape index (κ1) is 14.5. The predicted molar refractivity (Wildman–Crippen MR) is 90.2 cm³/mol. The maximum atomic E-state index is 5.44. The number of fused-ring (bicyclic) bond motifs is 1. The molecule has 2 saturated heterocycles. The molecule has 3 aliphatic rings. The maximum Gasteiger partial charge on any atom is 0.0642 e. The molecule has 3 heteroatoms. The number of ether oxygens (including phenoxy) is 1. The molecule has 2 unspecified atom stereocenters. The minimum absolute atomic E-state index is 0.860. The van der Waals surface area contributed by atoms with E-state index in [-0.39, 0.29) is 0 Å². The number of hydrogen-bond acceptors (Lipinski definition) is 3. The van der Waals surface area contributed by atoms with E-state index >= 15 is 0 Å². The molecule has 1 aliphatic carbocycles. The third-order valence-corrected chi connectivity index (χ3v) is 5.81. The van der Waals surface area contributed by atoms with Crippen LogP contribution in [0, 0.1) is 5.92 Å². The van der Waals surface area contributed by atoms with Crippen LogP contribution in [0.2, 0.25) is 0 Å². The molecule has 22 heavy (non-hydrogen) atoms. The molecule has 3 fully saturated rings. The highest BCUT2D eigenvalue weighted by Crippen LogP contribution is 2.37. The van der Waals surface area contributed by atoms with Crippen molar-refractivity contribution >= 4 is 5.69 Å². The second kappa shape index (κ2) is 6.59. The van der Waals surface area contributed by atoms with Gasteiger partial charge in [0.1, 0.15) is 0 Å². The van der Waals surface area contributed by atoms with Crippen molar-refractivity contribution in [3.05, 3.63) is 29.8 Å². The first-order valence-corrected chi connectivity index (χ1v) is 9.06. The minimum atomic E-state index is 0.860. The summed E-state index contributed by atoms with van der Waals surface area (Å²) < 4.78 is 5.44. The second-order valence-electron chi connectivity index (χ2n) is 7.14. The third kappa shape index (κ3) is 3.02. The van der Waals surface area contributed by atoms with Crippen LogP contribution in [0.25, 0.3) is 0 Å². The van der Waals surface area contributed by atoms with Crippen molar-refractivity contribution in [3.8, 4) is 0 Å². The molecule has 0 bridgehead atoms. The quantitative estimate of drug-likeness (QED) is 0.852. The van der Waals surface area contributed by atoms with E-state index in [9.17, 15) is 0 Å². The van der Waals surface area contributed by atoms with Crippen molar-refractivity contribution in [2.45, 2.75) is 44.7 Å². The molecule has 0 N–H and O–H groups in total. The largest absolute Gasteiger partial charge is 0.378 e. The molecule has 120 valence electrons. The molecule has 2 atom stereocenters. The summed E-state index contributed by atoms with van der Waals surface area (Å²) in [5.41, 5.74) is 2.83. The lowest BCUT2D eigenvalue weighted by atomic mass is 9.91. The molecule has 1 aromatic rings. The Morgan fingerprint density at radius 2 is 1.68 bits per heavy atom. The first-order valence-electron chi connectivity index (χ1n) is 9.06. The van der Waals surface area contributed by atoms with Crippen molar-refractivity contribution in [1.82, 2.24) is 4.90 Å². The minimum Gasteiger partial charge on any atom is -0.378 e. The number of hydrogen-bond donors (Lipinski definition) is 0. The van der Waals surface area contributed by atoms with Gasteiger partial charge in [-0.3, -0.25) is 4.90 Å². The lowest BCUT2D eigenvalue weighted by Gasteiger charge is -2.38. The van der Waals surface area contributed by atoms with Crippen LogP contribution in [0.1, 0.15) is 37.7 Å². The lowest BCUT2D eigenvalue weighted by Crippen LogP contribution is -2.41. The average molecular weight is 300 g/mol. The molecule has 4 rings (SSSR count). The van der Waals surface area contributed by atoms with Gasteiger partial charge < -0.3 is 9.64 Å². The van der Waals surface area contributed by atoms with Crippen molar-refractivity contribution in [2.75, 3.05) is 37.7 Å². The monoisotopic (exact) mass is 300 g/mol. The maximum absolute atomic E-state index is 5.44. The summed E-state index contributed by atoms with van der Waals surface area (Å²) in [5.74, 6) is 0.987. The topological polar surface area (TPSA) is 15.7 Å². The Morgan fingerprint density at radius 1 is 0.909 bits per heavy atom. The highest BCUT2D eigenvalue weighted by Gasteiger charge is 2.34. The molecule has 0 amide bonds. The number of likely N-dealkylation sites (tertiary alicyclic amines) is 1. The van der Waals surface area contributed by atoms with Crippen LogP contribution in [0.4, 0.5) is 5.69 Å². The Hall–Kier alpha value is -1.06. The standard InChI is InChI=1S/C19H28N2O/c1-3-17-4-2-10-21(19(17)5-1)15-16-6-8-18(9-7-16)20-11-13-22-14-12-20/h6-9,17,19H,1-5,10-15H2. The molecular formula is C19H28N2O. The van der Waals surface area contributed by atoms with Gasteiger partial charge in [-0.15, -0.1) is 0 Å². The third-order valence-electron chi connectivity index (χ3n) is 5.81. The second-order valence-corrected chi connectivity index (χ2v) is 7.14. The van der Waals surface area contributed by atoms with Crippen LogP contribution in [0.5, 0.6) is 0 Å². The fourth-order valence-electron chi connectivity index (χ4n) is 4.62. The van der Waals surface area contributed by atoms with E-state index in [1.807, 2.05) is 0 Å². The van der Waals surface area contributed by atoms with Gasteiger partial charge in [-0.05, 0) is 55.8 Å². The van der Waals surface area contributed by atoms with Gasteiger partial charge in [0, 0.05) is 31.4 Å². The van der Waals surface area contributed by atoms with E-state index in [0.29, 0.717) is 0 Å². The fourth-order valence-corrected chi connectivity index (χ4v) is 4.62. The van der Waals surface area contributed by atoms with E-state index in [1.54, 1.807) is 0 Å². The van der Waals surface area contributed by atoms with Gasteiger partial charge in [0.25, 0.3) is 0 Å². The molecule has 2 heterocycles. The summed E-state index contributed by atoms with van der Waals surface area (Å²) >= 11 is 0. The fraction of sp³-hybridized carbons (Fsp3) is 0.684. The van der Waals surface area contributed by atoms with Crippen LogP contribution in [0.15, 0.2) is 24.3 Å². The molecule has 1 aromatic carbocycles. The molecule has 3 nitrogen and oxygen atoms in total. The summed E-state index contributed by atoms with van der Waals surface area (Å²) in [4.78, 5) is 5.19. The SMILES string of the molecule is c1cc(N2CCOCC2)ccc1CN1CCCC2CCCC21. The molecule has 0 radical (unpaired) electrons. The van der Waals surface area contributed by atoms with Gasteiger partial charge in [0.05, 0.1) is 13.2 Å². The zero-order chi connectivity index (χ0) is 14.8. The van der Waals surface area contributed by atoms with E-state index in [4.69, 9.17) is 4.74 Å². The number of benzene rings is 1. The molecular weight excluding hydrogens is 272 g/mol. The molecule has 0 aromatic heterocycles. The molecule has 0 spiro atoms. The van der Waals surface area contributed by atoms with E-state index in [1.165, 1.54) is 49.9 Å². The van der Waals surface area contributed by atoms with Crippen molar-refractivity contribution in [1.29, 1.82) is 0 Å². The van der Waals surface area contributed by atoms with Gasteiger partial charge in [-0.2, -0.15) is 0 Å². The summed E-state index contributed by atoms with van der Waals surface area (Å²) in [6, 6.07) is 10.1. The van der Waals surface area contributed by atoms with Crippen LogP contribution < -0.4 is 4.90 Å². The zero-order valence-corrected chi connectivity index (χ0v) is 13.5. The molecule has 1 saturated carbocycles. The summed E-state index contributed by atoms with van der Waals surface area (Å²) in [7, 11) is 0. The van der Waals surface area contributed by atoms with Gasteiger partial charge in [0.2, 0.25) is 0 Å². The van der Waals surface area contributed by atoms with Gasteiger partial charge in [0.15, 0.2) is 0 Å². The van der Waals surface area contributed by atoms with Crippen molar-refractivity contribution in [3.63, 3.8) is 0 Å². The Morgan fingerprint density at radius 3 is 2.50 bits per heavy atom. The van der Waals surface area contributed by atoms with E-state index in [0.717, 1.165) is 44.8 Å². The lowest BCUT2D eigenvalue weighted by molar-refractivity contribution is 0.106. The Balaban J connectivity index is 1.40. The molecule has 2 aliphatic heterocycles. The predicted octanol–water partition coefficient (Wildman–Crippen LogP) is 3.29. The van der Waals surface area contributed by atoms with Gasteiger partial charge in [-0.25, -0.2) is 0 Å². The Labute approximate surface area is 134 Å². The van der Waals surface area contributed by atoms with Crippen LogP contribution in [-0.2, 0) is 11.3 Å². The number of rotatable bonds is 3. The van der Waals surface area contributed by atoms with E-state index < -0.39 is 0 Å². The van der Waals surface area contributed by atoms with Gasteiger partial charge >= 0.3 is 0 Å². The first-order chi connectivity index (χ1) is 10.9. The smallest absolute Gasteiger partial charge is 0.0642 e. The Bertz CT molecular complexity index is 481. The van der Waals surface area contributed by atoms with Crippen LogP contribution in [0.3, 0.4) is 0 Å². The van der Waals surface area contributed by atoms with Gasteiger partial charge in [-0.1, -0.05) is 18.6 Å². The highest BCUT2D eigenvalue weighted by atomic mass is 16.5. The highest BCUT2D eigenvalue weighted by molar-refractivity contribution is 5.47. The number of nitrogens with zero attached hydrogens (tertiary/aromatic N) is 2. The summed E-state index contributed by atoms with van der Waals surface area (Å²) in [6.07, 6.45) is 7.21. The van der Waals surface area contributed by atoms with Crippen LogP contribution in [-0.4, -0.2) is 43.8 Å². The summed E-state index contributed by atoms with van der Waals surface area (Å²) in [6.45, 7) is 6.21. The Kier molecular flexibility index (Phi) is 4.35. The van der Waals surface area contributed by atoms with E-state index in [2.05, 4.69) is 34.1 Å². The van der Waals surface area contributed by atoms with Crippen molar-refractivity contribution < 1.29 is 4.74 Å². The summed E-state index contributed by atoms with van der Waals surface area (Å²) in [5, 5.41) is 0. The normalized spacial score (nSPS) is 29.5. The van der Waals surface area contributed by atoms with Crippen LogP contribution >= 0.6 is 0 Å². The number of piperidine rings is 1. The number of anilines is 1. The van der Waals surface area contributed by atoms with Crippen molar-refractivity contribution in [2.24, 2.45) is 5.92 Å². The average Bonchev–Trinajstić information content (AvgIpc) is 3.06.